The van der Waals surface area contributed by atoms with E-state index in [0.717, 1.165) is 39.1 Å². The second kappa shape index (κ2) is 9.00. The lowest BCUT2D eigenvalue weighted by Crippen LogP contribution is -2.51. The van der Waals surface area contributed by atoms with Crippen LogP contribution in [-0.2, 0) is 9.47 Å². The summed E-state index contributed by atoms with van der Waals surface area (Å²) in [7, 11) is 0. The molecule has 1 N–H and O–H groups in total. The van der Waals surface area contributed by atoms with Crippen molar-refractivity contribution < 1.29 is 19.1 Å². The van der Waals surface area contributed by atoms with E-state index < -0.39 is 5.97 Å². The van der Waals surface area contributed by atoms with Gasteiger partial charge in [-0.3, -0.25) is 4.90 Å². The van der Waals surface area contributed by atoms with Crippen molar-refractivity contribution in [3.63, 3.8) is 0 Å². The predicted molar refractivity (Wildman–Crippen MR) is 98.4 cm³/mol. The summed E-state index contributed by atoms with van der Waals surface area (Å²) in [5, 5.41) is 2.85. The number of hydrogen-bond donors (Lipinski definition) is 1. The Morgan fingerprint density at radius 3 is 2.69 bits per heavy atom. The van der Waals surface area contributed by atoms with Crippen LogP contribution in [0.3, 0.4) is 0 Å². The quantitative estimate of drug-likeness (QED) is 0.814. The van der Waals surface area contributed by atoms with Crippen LogP contribution in [0.2, 0.25) is 0 Å². The second-order valence-corrected chi connectivity index (χ2v) is 6.62. The van der Waals surface area contributed by atoms with E-state index in [-0.39, 0.29) is 6.03 Å². The summed E-state index contributed by atoms with van der Waals surface area (Å²) >= 11 is 0. The topological polar surface area (TPSA) is 71.1 Å². The number of amides is 2. The number of piperazine rings is 1. The van der Waals surface area contributed by atoms with Gasteiger partial charge in [0.2, 0.25) is 0 Å². The maximum atomic E-state index is 12.6. The van der Waals surface area contributed by atoms with Crippen molar-refractivity contribution in [2.75, 3.05) is 51.3 Å². The minimum atomic E-state index is -0.426. The van der Waals surface area contributed by atoms with Gasteiger partial charge in [-0.25, -0.2) is 9.59 Å². The van der Waals surface area contributed by atoms with Crippen LogP contribution in [0.1, 0.15) is 30.1 Å². The van der Waals surface area contributed by atoms with Crippen molar-refractivity contribution in [1.82, 2.24) is 9.80 Å². The summed E-state index contributed by atoms with van der Waals surface area (Å²) < 4.78 is 10.7. The van der Waals surface area contributed by atoms with Crippen molar-refractivity contribution in [3.8, 4) is 0 Å². The molecule has 1 aromatic carbocycles. The molecule has 2 saturated heterocycles. The first-order chi connectivity index (χ1) is 12.7. The molecule has 7 nitrogen and oxygen atoms in total. The van der Waals surface area contributed by atoms with Gasteiger partial charge < -0.3 is 19.7 Å². The number of hydrogen-bond acceptors (Lipinski definition) is 5. The standard InChI is InChI=1S/C19H27N3O4/c1-2-25-18(23)16-7-3-4-8-17(16)20-19(24)22-11-9-21(10-12-22)14-15-6-5-13-26-15/h3-4,7-8,15H,2,5-6,9-14H2,1H3,(H,20,24). The van der Waals surface area contributed by atoms with E-state index in [0.29, 0.717) is 37.1 Å². The second-order valence-electron chi connectivity index (χ2n) is 6.62. The van der Waals surface area contributed by atoms with Crippen LogP contribution in [-0.4, -0.2) is 73.8 Å². The molecule has 2 amide bonds. The first-order valence-electron chi connectivity index (χ1n) is 9.33. The number of urea groups is 1. The molecule has 2 aliphatic rings. The van der Waals surface area contributed by atoms with Gasteiger partial charge in [-0.05, 0) is 31.9 Å². The van der Waals surface area contributed by atoms with Crippen molar-refractivity contribution in [1.29, 1.82) is 0 Å². The molecule has 1 unspecified atom stereocenters. The molecular weight excluding hydrogens is 334 g/mol. The number of nitrogens with zero attached hydrogens (tertiary/aromatic N) is 2. The number of ether oxygens (including phenoxy) is 2. The molecule has 2 fully saturated rings. The van der Waals surface area contributed by atoms with Crippen LogP contribution in [0.5, 0.6) is 0 Å². The van der Waals surface area contributed by atoms with E-state index in [1.165, 1.54) is 0 Å². The average molecular weight is 361 g/mol. The summed E-state index contributed by atoms with van der Waals surface area (Å²) in [5.74, 6) is -0.426. The smallest absolute Gasteiger partial charge is 0.340 e. The Morgan fingerprint density at radius 2 is 2.00 bits per heavy atom. The van der Waals surface area contributed by atoms with Crippen LogP contribution in [0.4, 0.5) is 10.5 Å². The Kier molecular flexibility index (Phi) is 6.46. The molecule has 2 aliphatic heterocycles. The van der Waals surface area contributed by atoms with Crippen LogP contribution in [0, 0.1) is 0 Å². The van der Waals surface area contributed by atoms with E-state index in [4.69, 9.17) is 9.47 Å². The van der Waals surface area contributed by atoms with Crippen molar-refractivity contribution in [2.45, 2.75) is 25.9 Å². The van der Waals surface area contributed by atoms with E-state index in [9.17, 15) is 9.59 Å². The molecule has 142 valence electrons. The van der Waals surface area contributed by atoms with Crippen molar-refractivity contribution in [2.24, 2.45) is 0 Å². The van der Waals surface area contributed by atoms with Gasteiger partial charge in [0.05, 0.1) is 24.0 Å². The van der Waals surface area contributed by atoms with Gasteiger partial charge in [0, 0.05) is 39.3 Å². The predicted octanol–water partition coefficient (Wildman–Crippen LogP) is 2.19. The van der Waals surface area contributed by atoms with Crippen LogP contribution >= 0.6 is 0 Å². The molecule has 7 heteroatoms. The molecule has 0 bridgehead atoms. The summed E-state index contributed by atoms with van der Waals surface area (Å²) in [6.07, 6.45) is 2.62. The molecule has 26 heavy (non-hydrogen) atoms. The Labute approximate surface area is 154 Å². The number of anilines is 1. The third-order valence-corrected chi connectivity index (χ3v) is 4.81. The molecule has 3 rings (SSSR count). The van der Waals surface area contributed by atoms with Crippen LogP contribution in [0.25, 0.3) is 0 Å². The minimum Gasteiger partial charge on any atom is -0.462 e. The fourth-order valence-electron chi connectivity index (χ4n) is 3.38. The number of carbonyl (C=O) groups excluding carboxylic acids is 2. The zero-order valence-electron chi connectivity index (χ0n) is 15.3. The molecular formula is C19H27N3O4. The molecule has 0 spiro atoms. The molecule has 1 atom stereocenters. The number of rotatable bonds is 5. The van der Waals surface area contributed by atoms with E-state index in [2.05, 4.69) is 10.2 Å². The van der Waals surface area contributed by atoms with E-state index in [1.54, 1.807) is 36.1 Å². The molecule has 0 radical (unpaired) electrons. The lowest BCUT2D eigenvalue weighted by atomic mass is 10.2. The maximum absolute atomic E-state index is 12.6. The average Bonchev–Trinajstić information content (AvgIpc) is 3.16. The largest absolute Gasteiger partial charge is 0.462 e. The van der Waals surface area contributed by atoms with E-state index in [1.807, 2.05) is 0 Å². The van der Waals surface area contributed by atoms with Gasteiger partial charge in [0.15, 0.2) is 0 Å². The molecule has 0 saturated carbocycles. The summed E-state index contributed by atoms with van der Waals surface area (Å²) in [6, 6.07) is 6.74. The third kappa shape index (κ3) is 4.74. The Bertz CT molecular complexity index is 623. The Balaban J connectivity index is 1.52. The highest BCUT2D eigenvalue weighted by Crippen LogP contribution is 2.18. The monoisotopic (exact) mass is 361 g/mol. The zero-order valence-corrected chi connectivity index (χ0v) is 15.3. The number of esters is 1. The SMILES string of the molecule is CCOC(=O)c1ccccc1NC(=O)N1CCN(CC2CCCO2)CC1. The summed E-state index contributed by atoms with van der Waals surface area (Å²) in [6.45, 7) is 6.89. The fraction of sp³-hybridized carbons (Fsp3) is 0.579. The third-order valence-electron chi connectivity index (χ3n) is 4.81. The summed E-state index contributed by atoms with van der Waals surface area (Å²) in [5.41, 5.74) is 0.859. The van der Waals surface area contributed by atoms with Crippen molar-refractivity contribution >= 4 is 17.7 Å². The highest BCUT2D eigenvalue weighted by atomic mass is 16.5. The Morgan fingerprint density at radius 1 is 1.23 bits per heavy atom. The number of nitrogens with one attached hydrogen (secondary N) is 1. The summed E-state index contributed by atoms with van der Waals surface area (Å²) in [4.78, 5) is 28.7. The van der Waals surface area contributed by atoms with Crippen LogP contribution in [0.15, 0.2) is 24.3 Å². The fourth-order valence-corrected chi connectivity index (χ4v) is 3.38. The maximum Gasteiger partial charge on any atom is 0.340 e. The molecule has 2 heterocycles. The molecule has 1 aromatic rings. The Hall–Kier alpha value is -2.12. The molecule has 0 aliphatic carbocycles. The molecule has 0 aromatic heterocycles. The first-order valence-corrected chi connectivity index (χ1v) is 9.33. The van der Waals surface area contributed by atoms with Gasteiger partial charge in [-0.2, -0.15) is 0 Å². The lowest BCUT2D eigenvalue weighted by molar-refractivity contribution is 0.0527. The number of benzene rings is 1. The van der Waals surface area contributed by atoms with Gasteiger partial charge in [0.1, 0.15) is 0 Å². The highest BCUT2D eigenvalue weighted by molar-refractivity contribution is 6.00. The lowest BCUT2D eigenvalue weighted by Gasteiger charge is -2.35. The van der Waals surface area contributed by atoms with Crippen LogP contribution < -0.4 is 5.32 Å². The highest BCUT2D eigenvalue weighted by Gasteiger charge is 2.25. The van der Waals surface area contributed by atoms with Gasteiger partial charge >= 0.3 is 12.0 Å². The van der Waals surface area contributed by atoms with E-state index >= 15 is 0 Å². The number of carbonyl (C=O) groups is 2. The zero-order chi connectivity index (χ0) is 18.4. The number of para-hydroxylation sites is 1. The van der Waals surface area contributed by atoms with Gasteiger partial charge in [0.25, 0.3) is 0 Å². The first kappa shape index (κ1) is 18.7. The van der Waals surface area contributed by atoms with Crippen molar-refractivity contribution in [3.05, 3.63) is 29.8 Å². The van der Waals surface area contributed by atoms with Gasteiger partial charge in [-0.1, -0.05) is 12.1 Å². The normalized spacial score (nSPS) is 20.8. The van der Waals surface area contributed by atoms with Gasteiger partial charge in [-0.15, -0.1) is 0 Å². The minimum absolute atomic E-state index is 0.182.